The summed E-state index contributed by atoms with van der Waals surface area (Å²) in [5, 5.41) is 17.1. The Kier molecular flexibility index (Phi) is 12.9. The maximum Gasteiger partial charge on any atom is 0.243 e. The third-order valence-corrected chi connectivity index (χ3v) is 8.01. The van der Waals surface area contributed by atoms with Crippen LogP contribution in [0.25, 0.3) is 0 Å². The number of nitrogens with one attached hydrogen (secondary N) is 3. The Bertz CT molecular complexity index is 1490. The number of aromatic nitrogens is 3. The number of hydrogen-bond donors (Lipinski definition) is 4. The molecule has 1 aliphatic rings. The number of benzene rings is 2. The number of hydrogen-bond acceptors (Lipinski definition) is 8. The van der Waals surface area contributed by atoms with Crippen molar-refractivity contribution in [2.45, 2.75) is 71.1 Å². The highest BCUT2D eigenvalue weighted by atomic mass is 16.5. The number of carbonyl (C=O) groups excluding carboxylic acids is 4. The van der Waals surface area contributed by atoms with Gasteiger partial charge in [-0.2, -0.15) is 0 Å². The van der Waals surface area contributed by atoms with Crippen LogP contribution in [0, 0.1) is 5.92 Å². The van der Waals surface area contributed by atoms with Crippen LogP contribution < -0.4 is 26.4 Å². The Morgan fingerprint density at radius 3 is 2.55 bits per heavy atom. The molecule has 3 aromatic rings. The van der Waals surface area contributed by atoms with Gasteiger partial charge in [0.2, 0.25) is 23.6 Å². The second-order valence-corrected chi connectivity index (χ2v) is 12.1. The predicted molar refractivity (Wildman–Crippen MR) is 176 cm³/mol. The van der Waals surface area contributed by atoms with Gasteiger partial charge in [0.05, 0.1) is 24.7 Å². The van der Waals surface area contributed by atoms with Crippen LogP contribution in [-0.4, -0.2) is 87.9 Å². The van der Waals surface area contributed by atoms with Crippen molar-refractivity contribution in [3.63, 3.8) is 0 Å². The standard InChI is InChI=1S/C34H46N8O5/c1-4-28(35)34(46)41-15-13-26-22-42(40-39-26)17-18-47-27-12-8-11-25(19-27)21-30(43)38-31(23(2)3)33(45)37-29(32(44)36-14-16-41)20-24-9-6-5-7-10-24/h5-12,19,22-23,28-29,31H,4,13-18,20-21,35H2,1-3H3,(H,36,44)(H,37,45)(H,38,43)/t28-,29-,31?/m0/s1. The van der Waals surface area contributed by atoms with Gasteiger partial charge in [-0.05, 0) is 35.6 Å². The van der Waals surface area contributed by atoms with Crippen LogP contribution in [-0.2, 0) is 45.0 Å². The van der Waals surface area contributed by atoms with Crippen molar-refractivity contribution in [1.29, 1.82) is 0 Å². The Morgan fingerprint density at radius 2 is 1.81 bits per heavy atom. The summed E-state index contributed by atoms with van der Waals surface area (Å²) in [5.41, 5.74) is 8.39. The zero-order chi connectivity index (χ0) is 33.8. The third-order valence-electron chi connectivity index (χ3n) is 8.01. The number of nitrogens with two attached hydrogens (primary N) is 1. The van der Waals surface area contributed by atoms with Gasteiger partial charge in [0, 0.05) is 38.7 Å². The molecule has 0 spiro atoms. The number of fused-ring (bicyclic) bond motifs is 4. The predicted octanol–water partition coefficient (Wildman–Crippen LogP) is 1.01. The second-order valence-electron chi connectivity index (χ2n) is 12.1. The maximum atomic E-state index is 13.6. The van der Waals surface area contributed by atoms with E-state index in [1.807, 2.05) is 75.5 Å². The summed E-state index contributed by atoms with van der Waals surface area (Å²) in [6.07, 6.45) is 3.02. The molecule has 4 amide bonds. The molecule has 0 aliphatic carbocycles. The van der Waals surface area contributed by atoms with Gasteiger partial charge in [0.15, 0.2) is 0 Å². The van der Waals surface area contributed by atoms with E-state index in [-0.39, 0.29) is 43.7 Å². The lowest BCUT2D eigenvalue weighted by Crippen LogP contribution is -2.56. The Morgan fingerprint density at radius 1 is 1.02 bits per heavy atom. The quantitative estimate of drug-likeness (QED) is 0.318. The first-order valence-electron chi connectivity index (χ1n) is 16.2. The van der Waals surface area contributed by atoms with E-state index in [0.717, 1.165) is 11.1 Å². The molecule has 1 aromatic heterocycles. The average Bonchev–Trinajstić information content (AvgIpc) is 3.51. The molecular weight excluding hydrogens is 600 g/mol. The van der Waals surface area contributed by atoms with E-state index in [9.17, 15) is 19.2 Å². The highest BCUT2D eigenvalue weighted by Gasteiger charge is 2.29. The first-order chi connectivity index (χ1) is 22.6. The highest BCUT2D eigenvalue weighted by molar-refractivity contribution is 5.92. The molecule has 252 valence electrons. The molecule has 4 bridgehead atoms. The summed E-state index contributed by atoms with van der Waals surface area (Å²) in [6.45, 7) is 6.99. The second kappa shape index (κ2) is 17.2. The fourth-order valence-corrected chi connectivity index (χ4v) is 5.26. The summed E-state index contributed by atoms with van der Waals surface area (Å²) >= 11 is 0. The molecule has 3 atom stereocenters. The topological polar surface area (TPSA) is 174 Å². The van der Waals surface area contributed by atoms with Gasteiger partial charge in [-0.3, -0.25) is 19.2 Å². The molecule has 0 radical (unpaired) electrons. The Hall–Kier alpha value is -4.78. The van der Waals surface area contributed by atoms with Gasteiger partial charge in [-0.15, -0.1) is 5.10 Å². The first kappa shape index (κ1) is 35.1. The monoisotopic (exact) mass is 646 g/mol. The molecule has 2 heterocycles. The van der Waals surface area contributed by atoms with Crippen molar-refractivity contribution in [2.24, 2.45) is 11.7 Å². The summed E-state index contributed by atoms with van der Waals surface area (Å²) in [7, 11) is 0. The molecular formula is C34H46N8O5. The number of nitrogens with zero attached hydrogens (tertiary/aromatic N) is 4. The van der Waals surface area contributed by atoms with Crippen LogP contribution in [0.15, 0.2) is 60.8 Å². The molecule has 2 aromatic carbocycles. The van der Waals surface area contributed by atoms with Gasteiger partial charge in [-0.25, -0.2) is 4.68 Å². The first-order valence-corrected chi connectivity index (χ1v) is 16.2. The molecule has 47 heavy (non-hydrogen) atoms. The largest absolute Gasteiger partial charge is 0.492 e. The van der Waals surface area contributed by atoms with Crippen LogP contribution in [0.5, 0.6) is 5.75 Å². The van der Waals surface area contributed by atoms with Gasteiger partial charge < -0.3 is 31.3 Å². The molecule has 1 unspecified atom stereocenters. The Labute approximate surface area is 275 Å². The zero-order valence-corrected chi connectivity index (χ0v) is 27.4. The van der Waals surface area contributed by atoms with E-state index in [2.05, 4.69) is 26.3 Å². The molecule has 13 heteroatoms. The van der Waals surface area contributed by atoms with E-state index >= 15 is 0 Å². The minimum atomic E-state index is -0.921. The van der Waals surface area contributed by atoms with Gasteiger partial charge in [0.25, 0.3) is 0 Å². The van der Waals surface area contributed by atoms with E-state index < -0.39 is 29.9 Å². The van der Waals surface area contributed by atoms with Crippen LogP contribution in [0.3, 0.4) is 0 Å². The maximum absolute atomic E-state index is 13.6. The Balaban J connectivity index is 1.58. The normalized spacial score (nSPS) is 19.6. The van der Waals surface area contributed by atoms with Crippen molar-refractivity contribution in [1.82, 2.24) is 35.8 Å². The molecule has 0 fully saturated rings. The average molecular weight is 647 g/mol. The molecule has 0 saturated heterocycles. The summed E-state index contributed by atoms with van der Waals surface area (Å²) in [5.74, 6) is -1.06. The lowest BCUT2D eigenvalue weighted by Gasteiger charge is -2.27. The molecule has 4 rings (SSSR count). The fraction of sp³-hybridized carbons (Fsp3) is 0.471. The number of ether oxygens (including phenoxy) is 1. The molecule has 13 nitrogen and oxygen atoms in total. The minimum Gasteiger partial charge on any atom is -0.492 e. The van der Waals surface area contributed by atoms with E-state index in [4.69, 9.17) is 10.5 Å². The summed E-state index contributed by atoms with van der Waals surface area (Å²) < 4.78 is 7.59. The van der Waals surface area contributed by atoms with Crippen molar-refractivity contribution < 1.29 is 23.9 Å². The minimum absolute atomic E-state index is 0.0466. The molecule has 0 saturated carbocycles. The number of carbonyl (C=O) groups is 4. The van der Waals surface area contributed by atoms with Crippen molar-refractivity contribution in [3.8, 4) is 5.75 Å². The number of rotatable bonds is 5. The van der Waals surface area contributed by atoms with Crippen LogP contribution in [0.4, 0.5) is 0 Å². The lowest BCUT2D eigenvalue weighted by atomic mass is 10.0. The van der Waals surface area contributed by atoms with Gasteiger partial charge >= 0.3 is 0 Å². The van der Waals surface area contributed by atoms with E-state index in [1.54, 1.807) is 15.6 Å². The molecule has 1 aliphatic heterocycles. The van der Waals surface area contributed by atoms with E-state index in [0.29, 0.717) is 44.0 Å². The molecule has 5 N–H and O–H groups in total. The van der Waals surface area contributed by atoms with Crippen molar-refractivity contribution in [2.75, 3.05) is 26.2 Å². The smallest absolute Gasteiger partial charge is 0.243 e. The van der Waals surface area contributed by atoms with Crippen molar-refractivity contribution >= 4 is 23.6 Å². The zero-order valence-electron chi connectivity index (χ0n) is 27.4. The summed E-state index contributed by atoms with van der Waals surface area (Å²) in [4.78, 5) is 55.0. The highest BCUT2D eigenvalue weighted by Crippen LogP contribution is 2.15. The van der Waals surface area contributed by atoms with Crippen LogP contribution >= 0.6 is 0 Å². The lowest BCUT2D eigenvalue weighted by molar-refractivity contribution is -0.134. The van der Waals surface area contributed by atoms with Gasteiger partial charge in [-0.1, -0.05) is 68.4 Å². The number of amides is 4. The van der Waals surface area contributed by atoms with E-state index in [1.165, 1.54) is 0 Å². The van der Waals surface area contributed by atoms with Crippen LogP contribution in [0.2, 0.25) is 0 Å². The summed E-state index contributed by atoms with van der Waals surface area (Å²) in [6, 6.07) is 14.1. The SMILES string of the molecule is CC[C@H](N)C(=O)N1CCNC(=O)[C@H](Cc2ccccc2)NC(=O)C(C(C)C)NC(=O)Cc2cccc(c2)OCCn2cc(nn2)CC1. The van der Waals surface area contributed by atoms with Gasteiger partial charge in [0.1, 0.15) is 24.4 Å². The van der Waals surface area contributed by atoms with Crippen molar-refractivity contribution in [3.05, 3.63) is 77.6 Å². The van der Waals surface area contributed by atoms with Crippen LogP contribution in [0.1, 0.15) is 44.0 Å². The fourth-order valence-electron chi connectivity index (χ4n) is 5.26. The third kappa shape index (κ3) is 10.6.